The third-order valence-electron chi connectivity index (χ3n) is 4.78. The van der Waals surface area contributed by atoms with Crippen molar-refractivity contribution in [1.82, 2.24) is 0 Å². The number of nitrogens with zero attached hydrogens (tertiary/aromatic N) is 4. The molecule has 0 unspecified atom stereocenters. The predicted molar refractivity (Wildman–Crippen MR) is 123 cm³/mol. The molecule has 168 valence electrons. The quantitative estimate of drug-likeness (QED) is 0.288. The van der Waals surface area contributed by atoms with Crippen LogP contribution in [0, 0.1) is 0 Å². The van der Waals surface area contributed by atoms with Crippen LogP contribution in [0.25, 0.3) is 11.1 Å². The van der Waals surface area contributed by atoms with Crippen molar-refractivity contribution in [3.05, 3.63) is 90.5 Å². The summed E-state index contributed by atoms with van der Waals surface area (Å²) < 4.78 is 0. The number of phenolic OH excluding ortho intramolecular Hbond substituents is 1. The maximum Gasteiger partial charge on any atom is 1.00 e. The van der Waals surface area contributed by atoms with Gasteiger partial charge in [0.05, 0.1) is 17.1 Å². The van der Waals surface area contributed by atoms with Gasteiger partial charge in [-0.15, -0.1) is 10.9 Å². The molecule has 0 saturated carbocycles. The van der Waals surface area contributed by atoms with Gasteiger partial charge in [-0.1, -0.05) is 30.3 Å². The molecule has 35 heavy (non-hydrogen) atoms. The van der Waals surface area contributed by atoms with Crippen molar-refractivity contribution < 1.29 is 54.8 Å². The Hall–Kier alpha value is -4.05. The second-order valence-electron chi connectivity index (χ2n) is 7.15. The van der Waals surface area contributed by atoms with Crippen LogP contribution in [0.4, 0.5) is 22.7 Å². The molecule has 0 saturated heterocycles. The first kappa shape index (κ1) is 25.6. The topological polar surface area (TPSA) is 150 Å². The number of carbonyl (C=O) groups is 1. The van der Waals surface area contributed by atoms with E-state index in [1.807, 2.05) is 24.3 Å². The molecule has 0 heterocycles. The number of carboxylic acid groups (broad SMARTS) is 1. The second kappa shape index (κ2) is 11.4. The molecule has 0 atom stereocenters. The maximum absolute atomic E-state index is 11.2. The van der Waals surface area contributed by atoms with Crippen LogP contribution >= 0.6 is 0 Å². The largest absolute Gasteiger partial charge is 1.00 e. The van der Waals surface area contributed by atoms with Gasteiger partial charge in [0.1, 0.15) is 22.7 Å². The van der Waals surface area contributed by atoms with Crippen LogP contribution in [0.15, 0.2) is 105 Å². The van der Waals surface area contributed by atoms with Crippen LogP contribution in [0.1, 0.15) is 10.4 Å². The van der Waals surface area contributed by atoms with Gasteiger partial charge in [-0.2, -0.15) is 15.3 Å². The number of rotatable bonds is 6. The standard InChI is InChI=1S/C25H18N4O5.Na/c30-20-10-11-22(24(32)14-20)29-27-18-7-3-16(4-8-18)15-1-5-17(6-2-15)26-28-19-9-12-23(31)21(13-19)25(33)34;/h1-14,30-32H,(H,33,34);/q;+1/p-1. The molecule has 0 amide bonds. The Morgan fingerprint density at radius 2 is 1.14 bits per heavy atom. The molecule has 0 aromatic heterocycles. The molecule has 0 aliphatic carbocycles. The Bertz CT molecular complexity index is 1400. The number of carboxylic acids is 1. The molecule has 3 N–H and O–H groups in total. The van der Waals surface area contributed by atoms with Crippen molar-refractivity contribution in [3.63, 3.8) is 0 Å². The molecule has 0 radical (unpaired) electrons. The summed E-state index contributed by atoms with van der Waals surface area (Å²) in [5, 5.41) is 55.7. The van der Waals surface area contributed by atoms with E-state index in [0.717, 1.165) is 17.2 Å². The number of phenols is 2. The predicted octanol–water partition coefficient (Wildman–Crippen LogP) is 3.37. The van der Waals surface area contributed by atoms with Crippen LogP contribution in [0.2, 0.25) is 0 Å². The van der Waals surface area contributed by atoms with E-state index >= 15 is 0 Å². The van der Waals surface area contributed by atoms with E-state index in [0.29, 0.717) is 17.1 Å². The van der Waals surface area contributed by atoms with E-state index in [9.17, 15) is 20.1 Å². The zero-order valence-corrected chi connectivity index (χ0v) is 20.5. The fraction of sp³-hybridized carbons (Fsp3) is 0. The molecule has 10 heteroatoms. The average molecular weight is 476 g/mol. The van der Waals surface area contributed by atoms with Gasteiger partial charge in [0.15, 0.2) is 0 Å². The number of azo groups is 2. The second-order valence-corrected chi connectivity index (χ2v) is 7.15. The molecule has 0 fully saturated rings. The Kier molecular flexibility index (Phi) is 8.32. The van der Waals surface area contributed by atoms with Gasteiger partial charge in [-0.3, -0.25) is 0 Å². The number of benzene rings is 4. The summed E-state index contributed by atoms with van der Waals surface area (Å²) in [5.74, 6) is -2.11. The normalized spacial score (nSPS) is 11.0. The number of hydrogen-bond donors (Lipinski definition) is 3. The third-order valence-corrected chi connectivity index (χ3v) is 4.78. The molecule has 0 spiro atoms. The minimum Gasteiger partial charge on any atom is -0.872 e. The van der Waals surface area contributed by atoms with Gasteiger partial charge < -0.3 is 20.4 Å². The Balaban J connectivity index is 0.00000342. The smallest absolute Gasteiger partial charge is 0.872 e. The van der Waals surface area contributed by atoms with Gasteiger partial charge in [-0.05, 0) is 65.7 Å². The summed E-state index contributed by atoms with van der Waals surface area (Å²) in [6, 6.07) is 22.3. The van der Waals surface area contributed by atoms with E-state index in [2.05, 4.69) is 20.5 Å². The van der Waals surface area contributed by atoms with Crippen molar-refractivity contribution in [2.75, 3.05) is 0 Å². The minimum absolute atomic E-state index is 0. The Labute approximate surface area is 222 Å². The van der Waals surface area contributed by atoms with E-state index in [1.54, 1.807) is 24.3 Å². The summed E-state index contributed by atoms with van der Waals surface area (Å²) in [6.07, 6.45) is 0. The Morgan fingerprint density at radius 3 is 1.69 bits per heavy atom. The zero-order chi connectivity index (χ0) is 24.1. The summed E-state index contributed by atoms with van der Waals surface area (Å²) in [6.45, 7) is 0. The molecule has 9 nitrogen and oxygen atoms in total. The first-order chi connectivity index (χ1) is 16.4. The van der Waals surface area contributed by atoms with Crippen LogP contribution in [-0.4, -0.2) is 21.3 Å². The number of hydrogen-bond acceptors (Lipinski definition) is 8. The first-order valence-corrected chi connectivity index (χ1v) is 9.99. The fourth-order valence-electron chi connectivity index (χ4n) is 3.01. The third kappa shape index (κ3) is 6.51. The monoisotopic (exact) mass is 476 g/mol. The molecule has 4 aromatic carbocycles. The van der Waals surface area contributed by atoms with Crippen LogP contribution < -0.4 is 34.7 Å². The van der Waals surface area contributed by atoms with E-state index in [4.69, 9.17) is 5.11 Å². The summed E-state index contributed by atoms with van der Waals surface area (Å²) >= 11 is 0. The SMILES string of the molecule is O=C(O)c1cc(N=Nc2ccc(-c3ccc(N=Nc4ccc([O-])cc4O)cc3)cc2)ccc1O.[Na+]. The summed E-state index contributed by atoms with van der Waals surface area (Å²) in [5.41, 5.74) is 3.29. The molecule has 0 aliphatic rings. The molecular formula is C25H17N4NaO5. The zero-order valence-electron chi connectivity index (χ0n) is 18.5. The molecule has 0 bridgehead atoms. The molecule has 4 aromatic rings. The molecular weight excluding hydrogens is 459 g/mol. The van der Waals surface area contributed by atoms with Crippen LogP contribution in [0.5, 0.6) is 17.2 Å². The number of aromatic carboxylic acids is 1. The first-order valence-electron chi connectivity index (χ1n) is 9.99. The van der Waals surface area contributed by atoms with Crippen molar-refractivity contribution in [2.45, 2.75) is 0 Å². The summed E-state index contributed by atoms with van der Waals surface area (Å²) in [7, 11) is 0. The Morgan fingerprint density at radius 1 is 0.629 bits per heavy atom. The van der Waals surface area contributed by atoms with E-state index < -0.39 is 5.97 Å². The molecule has 0 aliphatic heterocycles. The van der Waals surface area contributed by atoms with Gasteiger partial charge >= 0.3 is 35.5 Å². The van der Waals surface area contributed by atoms with Crippen molar-refractivity contribution in [2.24, 2.45) is 20.5 Å². The maximum atomic E-state index is 11.2. The van der Waals surface area contributed by atoms with Crippen molar-refractivity contribution in [3.8, 4) is 28.4 Å². The average Bonchev–Trinajstić information content (AvgIpc) is 2.83. The van der Waals surface area contributed by atoms with Crippen molar-refractivity contribution >= 4 is 28.7 Å². The van der Waals surface area contributed by atoms with Gasteiger partial charge in [0.25, 0.3) is 0 Å². The molecule has 4 rings (SSSR count). The number of aromatic hydroxyl groups is 2. The fourth-order valence-corrected chi connectivity index (χ4v) is 3.01. The van der Waals surface area contributed by atoms with Crippen molar-refractivity contribution in [1.29, 1.82) is 0 Å². The van der Waals surface area contributed by atoms with Crippen LogP contribution in [0.3, 0.4) is 0 Å². The van der Waals surface area contributed by atoms with E-state index in [-0.39, 0.29) is 58.1 Å². The van der Waals surface area contributed by atoms with Gasteiger partial charge in [-0.25, -0.2) is 4.79 Å². The van der Waals surface area contributed by atoms with E-state index in [1.165, 1.54) is 30.3 Å². The summed E-state index contributed by atoms with van der Waals surface area (Å²) in [4.78, 5) is 11.1. The van der Waals surface area contributed by atoms with Gasteiger partial charge in [0, 0.05) is 0 Å². The van der Waals surface area contributed by atoms with Gasteiger partial charge in [0.2, 0.25) is 0 Å². The van der Waals surface area contributed by atoms with Crippen LogP contribution in [-0.2, 0) is 0 Å². The minimum atomic E-state index is -1.25.